The Morgan fingerprint density at radius 3 is 2.50 bits per heavy atom. The second kappa shape index (κ2) is 6.91. The molecule has 20 heavy (non-hydrogen) atoms. The molecule has 0 saturated carbocycles. The number of oxime groups is 1. The van der Waals surface area contributed by atoms with E-state index in [0.717, 1.165) is 31.5 Å². The molecule has 0 atom stereocenters. The topological polar surface area (TPSA) is 91.0 Å². The molecule has 2 rings (SSSR count). The second-order valence-electron chi connectivity index (χ2n) is 4.94. The van der Waals surface area contributed by atoms with E-state index in [1.807, 2.05) is 17.1 Å². The molecule has 0 spiro atoms. The predicted molar refractivity (Wildman–Crippen MR) is 76.2 cm³/mol. The standard InChI is InChI=1S/C14H20N4O2/c15-14(17-20)12-6-4-11(5-7-12)10-13(19)16-18-8-2-1-3-9-18/h4-7,20H,1-3,8-10H2,(H2,15,17)(H,16,19). The van der Waals surface area contributed by atoms with E-state index in [-0.39, 0.29) is 11.7 Å². The van der Waals surface area contributed by atoms with Crippen molar-refractivity contribution in [2.75, 3.05) is 13.1 Å². The summed E-state index contributed by atoms with van der Waals surface area (Å²) < 4.78 is 0. The summed E-state index contributed by atoms with van der Waals surface area (Å²) in [6.07, 6.45) is 3.83. The molecule has 1 heterocycles. The molecule has 1 aliphatic rings. The molecule has 1 fully saturated rings. The van der Waals surface area contributed by atoms with Crippen molar-refractivity contribution >= 4 is 11.7 Å². The lowest BCUT2D eigenvalue weighted by molar-refractivity contribution is -0.125. The number of nitrogens with two attached hydrogens (primary N) is 1. The minimum Gasteiger partial charge on any atom is -0.409 e. The number of rotatable bonds is 4. The van der Waals surface area contributed by atoms with Crippen LogP contribution in [0, 0.1) is 0 Å². The number of hydrazine groups is 1. The maximum Gasteiger partial charge on any atom is 0.238 e. The van der Waals surface area contributed by atoms with Gasteiger partial charge in [-0.15, -0.1) is 0 Å². The van der Waals surface area contributed by atoms with Crippen molar-refractivity contribution < 1.29 is 10.0 Å². The number of nitrogens with one attached hydrogen (secondary N) is 1. The normalized spacial score (nSPS) is 16.9. The number of amidine groups is 1. The third kappa shape index (κ3) is 3.96. The van der Waals surface area contributed by atoms with Crippen LogP contribution in [-0.4, -0.2) is 35.0 Å². The summed E-state index contributed by atoms with van der Waals surface area (Å²) >= 11 is 0. The number of amides is 1. The molecule has 6 heteroatoms. The lowest BCUT2D eigenvalue weighted by Crippen LogP contribution is -2.45. The first-order chi connectivity index (χ1) is 9.69. The summed E-state index contributed by atoms with van der Waals surface area (Å²) in [6, 6.07) is 7.09. The summed E-state index contributed by atoms with van der Waals surface area (Å²) in [4.78, 5) is 11.9. The fourth-order valence-electron chi connectivity index (χ4n) is 2.26. The number of piperidine rings is 1. The van der Waals surface area contributed by atoms with E-state index in [9.17, 15) is 4.79 Å². The number of hydrogen-bond acceptors (Lipinski definition) is 4. The van der Waals surface area contributed by atoms with Crippen LogP contribution in [-0.2, 0) is 11.2 Å². The monoisotopic (exact) mass is 276 g/mol. The van der Waals surface area contributed by atoms with Crippen molar-refractivity contribution in [3.63, 3.8) is 0 Å². The first-order valence-electron chi connectivity index (χ1n) is 6.80. The zero-order valence-electron chi connectivity index (χ0n) is 11.4. The van der Waals surface area contributed by atoms with Crippen molar-refractivity contribution in [2.45, 2.75) is 25.7 Å². The van der Waals surface area contributed by atoms with Gasteiger partial charge < -0.3 is 10.9 Å². The fraction of sp³-hybridized carbons (Fsp3) is 0.429. The van der Waals surface area contributed by atoms with Crippen LogP contribution in [0.25, 0.3) is 0 Å². The molecule has 0 unspecified atom stereocenters. The van der Waals surface area contributed by atoms with Gasteiger partial charge in [-0.05, 0) is 18.4 Å². The third-order valence-corrected chi connectivity index (χ3v) is 3.36. The van der Waals surface area contributed by atoms with Gasteiger partial charge >= 0.3 is 0 Å². The molecule has 0 radical (unpaired) electrons. The molecule has 1 aromatic carbocycles. The third-order valence-electron chi connectivity index (χ3n) is 3.36. The van der Waals surface area contributed by atoms with Gasteiger partial charge in [-0.3, -0.25) is 10.2 Å². The van der Waals surface area contributed by atoms with E-state index in [0.29, 0.717) is 12.0 Å². The number of benzene rings is 1. The van der Waals surface area contributed by atoms with Gasteiger partial charge in [0, 0.05) is 18.7 Å². The van der Waals surface area contributed by atoms with Crippen LogP contribution in [0.2, 0.25) is 0 Å². The van der Waals surface area contributed by atoms with Crippen molar-refractivity contribution in [1.82, 2.24) is 10.4 Å². The number of hydrogen-bond donors (Lipinski definition) is 3. The lowest BCUT2D eigenvalue weighted by atomic mass is 10.1. The first kappa shape index (κ1) is 14.3. The predicted octanol–water partition coefficient (Wildman–Crippen LogP) is 0.841. The van der Waals surface area contributed by atoms with Crippen LogP contribution in [0.3, 0.4) is 0 Å². The largest absolute Gasteiger partial charge is 0.409 e. The summed E-state index contributed by atoms with van der Waals surface area (Å²) in [6.45, 7) is 1.85. The molecule has 1 aliphatic heterocycles. The van der Waals surface area contributed by atoms with Crippen molar-refractivity contribution in [2.24, 2.45) is 10.9 Å². The number of nitrogens with zero attached hydrogens (tertiary/aromatic N) is 2. The molecule has 1 aromatic rings. The van der Waals surface area contributed by atoms with E-state index in [4.69, 9.17) is 10.9 Å². The van der Waals surface area contributed by atoms with E-state index >= 15 is 0 Å². The van der Waals surface area contributed by atoms with Gasteiger partial charge in [0.2, 0.25) is 5.91 Å². The molecular formula is C14H20N4O2. The molecule has 0 aromatic heterocycles. The Hall–Kier alpha value is -2.08. The average molecular weight is 276 g/mol. The zero-order chi connectivity index (χ0) is 14.4. The summed E-state index contributed by atoms with van der Waals surface area (Å²) in [5.74, 6) is 0.0535. The van der Waals surface area contributed by atoms with Gasteiger partial charge in [0.25, 0.3) is 0 Å². The molecule has 1 saturated heterocycles. The zero-order valence-corrected chi connectivity index (χ0v) is 11.4. The van der Waals surface area contributed by atoms with Gasteiger partial charge in [-0.1, -0.05) is 35.8 Å². The summed E-state index contributed by atoms with van der Waals surface area (Å²) in [5, 5.41) is 13.5. The SMILES string of the molecule is N/C(=N/O)c1ccc(CC(=O)NN2CCCCC2)cc1. The molecule has 1 amide bonds. The molecule has 0 aliphatic carbocycles. The van der Waals surface area contributed by atoms with Crippen molar-refractivity contribution in [3.8, 4) is 0 Å². The van der Waals surface area contributed by atoms with E-state index in [1.165, 1.54) is 6.42 Å². The van der Waals surface area contributed by atoms with Crippen LogP contribution in [0.5, 0.6) is 0 Å². The van der Waals surface area contributed by atoms with Gasteiger partial charge in [-0.2, -0.15) is 0 Å². The van der Waals surface area contributed by atoms with E-state index < -0.39 is 0 Å². The van der Waals surface area contributed by atoms with Gasteiger partial charge in [0.15, 0.2) is 5.84 Å². The van der Waals surface area contributed by atoms with Crippen LogP contribution in [0.4, 0.5) is 0 Å². The number of carbonyl (C=O) groups is 1. The molecular weight excluding hydrogens is 256 g/mol. The van der Waals surface area contributed by atoms with Crippen molar-refractivity contribution in [3.05, 3.63) is 35.4 Å². The Morgan fingerprint density at radius 2 is 1.90 bits per heavy atom. The molecule has 0 bridgehead atoms. The van der Waals surface area contributed by atoms with E-state index in [1.54, 1.807) is 12.1 Å². The van der Waals surface area contributed by atoms with Crippen LogP contribution in [0.1, 0.15) is 30.4 Å². The summed E-state index contributed by atoms with van der Waals surface area (Å²) in [5.41, 5.74) is 9.93. The Morgan fingerprint density at radius 1 is 1.25 bits per heavy atom. The first-order valence-corrected chi connectivity index (χ1v) is 6.80. The maximum absolute atomic E-state index is 11.9. The molecule has 4 N–H and O–H groups in total. The summed E-state index contributed by atoms with van der Waals surface area (Å²) in [7, 11) is 0. The van der Waals surface area contributed by atoms with E-state index in [2.05, 4.69) is 10.6 Å². The Balaban J connectivity index is 1.87. The minimum atomic E-state index is -0.0107. The fourth-order valence-corrected chi connectivity index (χ4v) is 2.26. The smallest absolute Gasteiger partial charge is 0.238 e. The van der Waals surface area contributed by atoms with Crippen LogP contribution >= 0.6 is 0 Å². The van der Waals surface area contributed by atoms with Crippen LogP contribution < -0.4 is 11.2 Å². The van der Waals surface area contributed by atoms with Gasteiger partial charge in [0.05, 0.1) is 6.42 Å². The Bertz CT molecular complexity index is 478. The quantitative estimate of drug-likeness (QED) is 0.329. The highest BCUT2D eigenvalue weighted by Gasteiger charge is 2.13. The highest BCUT2D eigenvalue weighted by atomic mass is 16.4. The second-order valence-corrected chi connectivity index (χ2v) is 4.94. The minimum absolute atomic E-state index is 0.0107. The average Bonchev–Trinajstić information content (AvgIpc) is 2.48. The van der Waals surface area contributed by atoms with Gasteiger partial charge in [0.1, 0.15) is 0 Å². The van der Waals surface area contributed by atoms with Gasteiger partial charge in [-0.25, -0.2) is 5.01 Å². The number of carbonyl (C=O) groups excluding carboxylic acids is 1. The Labute approximate surface area is 118 Å². The lowest BCUT2D eigenvalue weighted by Gasteiger charge is -2.26. The van der Waals surface area contributed by atoms with Crippen molar-refractivity contribution in [1.29, 1.82) is 0 Å². The highest BCUT2D eigenvalue weighted by molar-refractivity contribution is 5.97. The maximum atomic E-state index is 11.9. The van der Waals surface area contributed by atoms with Crippen LogP contribution in [0.15, 0.2) is 29.4 Å². The molecule has 6 nitrogen and oxygen atoms in total. The highest BCUT2D eigenvalue weighted by Crippen LogP contribution is 2.08. The Kier molecular flexibility index (Phi) is 4.95. The molecule has 108 valence electrons.